The summed E-state index contributed by atoms with van der Waals surface area (Å²) in [4.78, 5) is 13.9. The molecular formula is C11H11BrF2O2. The predicted molar refractivity (Wildman–Crippen MR) is 59.3 cm³/mol. The molecule has 0 amide bonds. The van der Waals surface area contributed by atoms with Gasteiger partial charge in [-0.15, -0.1) is 0 Å². The van der Waals surface area contributed by atoms with Gasteiger partial charge in [0.1, 0.15) is 11.4 Å². The van der Waals surface area contributed by atoms with Crippen LogP contribution in [0.3, 0.4) is 0 Å². The zero-order valence-electron chi connectivity index (χ0n) is 9.11. The van der Waals surface area contributed by atoms with E-state index in [1.165, 1.54) is 12.1 Å². The molecule has 5 heteroatoms. The molecule has 0 fully saturated rings. The van der Waals surface area contributed by atoms with Crippen molar-refractivity contribution in [2.24, 2.45) is 0 Å². The maximum absolute atomic E-state index is 13.5. The Morgan fingerprint density at radius 2 is 1.94 bits per heavy atom. The van der Waals surface area contributed by atoms with E-state index in [-0.39, 0.29) is 5.41 Å². The lowest BCUT2D eigenvalue weighted by molar-refractivity contribution is -0.0791. The van der Waals surface area contributed by atoms with Crippen molar-refractivity contribution in [1.29, 1.82) is 0 Å². The molecule has 1 aromatic carbocycles. The molecule has 0 atom stereocenters. The summed E-state index contributed by atoms with van der Waals surface area (Å²) in [6, 6.07) is 2.42. The molecule has 0 aliphatic rings. The van der Waals surface area contributed by atoms with Crippen LogP contribution in [0.25, 0.3) is 0 Å². The van der Waals surface area contributed by atoms with Crippen molar-refractivity contribution in [3.8, 4) is 0 Å². The van der Waals surface area contributed by atoms with Gasteiger partial charge in [-0.1, -0.05) is 36.7 Å². The van der Waals surface area contributed by atoms with E-state index in [2.05, 4.69) is 20.9 Å². The minimum atomic E-state index is -1.33. The van der Waals surface area contributed by atoms with Gasteiger partial charge in [0.15, 0.2) is 0 Å². The molecule has 0 saturated heterocycles. The molecule has 0 radical (unpaired) electrons. The van der Waals surface area contributed by atoms with Gasteiger partial charge in [-0.2, -0.15) is 0 Å². The van der Waals surface area contributed by atoms with Gasteiger partial charge in [0.2, 0.25) is 0 Å². The predicted octanol–water partition coefficient (Wildman–Crippen LogP) is 3.93. The fourth-order valence-electron chi connectivity index (χ4n) is 1.32. The third-order valence-electron chi connectivity index (χ3n) is 2.15. The molecule has 0 saturated carbocycles. The normalized spacial score (nSPS) is 11.4. The zero-order valence-corrected chi connectivity index (χ0v) is 10.7. The number of halogens is 3. The number of carbonyl (C=O) groups is 1. The van der Waals surface area contributed by atoms with Crippen molar-refractivity contribution >= 4 is 21.9 Å². The Bertz CT molecular complexity index is 425. The number of rotatable bonds is 1. The molecule has 0 N–H and O–H groups in total. The second kappa shape index (κ2) is 4.49. The van der Waals surface area contributed by atoms with Crippen molar-refractivity contribution in [3.05, 3.63) is 33.5 Å². The van der Waals surface area contributed by atoms with Crippen LogP contribution in [0.1, 0.15) is 36.7 Å². The second-order valence-electron chi connectivity index (χ2n) is 4.43. The van der Waals surface area contributed by atoms with Crippen molar-refractivity contribution < 1.29 is 18.7 Å². The lowest BCUT2D eigenvalue weighted by atomic mass is 9.86. The monoisotopic (exact) mass is 292 g/mol. The van der Waals surface area contributed by atoms with Crippen molar-refractivity contribution in [3.63, 3.8) is 0 Å². The molecule has 0 bridgehead atoms. The Hall–Kier alpha value is -0.970. The summed E-state index contributed by atoms with van der Waals surface area (Å²) in [5.74, 6) is -2.13. The average Bonchev–Trinajstić information content (AvgIpc) is 2.18. The first kappa shape index (κ1) is 13.1. The Morgan fingerprint density at radius 3 is 2.38 bits per heavy atom. The van der Waals surface area contributed by atoms with E-state index in [4.69, 9.17) is 0 Å². The third-order valence-corrected chi connectivity index (χ3v) is 2.81. The summed E-state index contributed by atoms with van der Waals surface area (Å²) >= 11 is 3.22. The minimum Gasteiger partial charge on any atom is -0.249 e. The summed E-state index contributed by atoms with van der Waals surface area (Å²) in [5.41, 5.74) is -0.0135. The fourth-order valence-corrected chi connectivity index (χ4v) is 2.26. The molecule has 0 aromatic heterocycles. The molecule has 88 valence electrons. The molecule has 0 unspecified atom stereocenters. The molecule has 0 heterocycles. The Balaban J connectivity index is 3.33. The Morgan fingerprint density at radius 1 is 1.38 bits per heavy atom. The van der Waals surface area contributed by atoms with Crippen LogP contribution in [-0.2, 0) is 10.4 Å². The van der Waals surface area contributed by atoms with Crippen LogP contribution in [0.5, 0.6) is 0 Å². The number of hydrogen-bond acceptors (Lipinski definition) is 2. The maximum atomic E-state index is 13.5. The van der Waals surface area contributed by atoms with E-state index >= 15 is 0 Å². The topological polar surface area (TPSA) is 26.3 Å². The van der Waals surface area contributed by atoms with E-state index < -0.39 is 17.3 Å². The highest BCUT2D eigenvalue weighted by Gasteiger charge is 2.22. The Labute approximate surface area is 101 Å². The lowest BCUT2D eigenvalue weighted by Gasteiger charge is -2.21. The smallest absolute Gasteiger partial charge is 0.249 e. The van der Waals surface area contributed by atoms with Gasteiger partial charge in [-0.05, 0) is 23.1 Å². The van der Waals surface area contributed by atoms with Crippen LogP contribution in [0.4, 0.5) is 8.92 Å². The molecule has 1 rings (SSSR count). The SMILES string of the molecule is CC(C)(C)c1cc(F)c(C(=O)OF)cc1Br. The van der Waals surface area contributed by atoms with Gasteiger partial charge < -0.3 is 0 Å². The summed E-state index contributed by atoms with van der Waals surface area (Å²) in [5, 5.41) is 0. The first-order valence-electron chi connectivity index (χ1n) is 4.60. The van der Waals surface area contributed by atoms with E-state index in [1.807, 2.05) is 20.8 Å². The van der Waals surface area contributed by atoms with Crippen LogP contribution < -0.4 is 0 Å². The van der Waals surface area contributed by atoms with Crippen molar-refractivity contribution in [2.75, 3.05) is 0 Å². The molecule has 1 aromatic rings. The molecule has 2 nitrogen and oxygen atoms in total. The van der Waals surface area contributed by atoms with Crippen LogP contribution in [-0.4, -0.2) is 5.97 Å². The molecule has 0 aliphatic carbocycles. The maximum Gasteiger partial charge on any atom is 0.382 e. The summed E-state index contributed by atoms with van der Waals surface area (Å²) in [6.45, 7) is 5.71. The van der Waals surface area contributed by atoms with E-state index in [1.54, 1.807) is 0 Å². The van der Waals surface area contributed by atoms with Gasteiger partial charge in [0.05, 0.1) is 0 Å². The largest absolute Gasteiger partial charge is 0.382 e. The van der Waals surface area contributed by atoms with Crippen LogP contribution in [0, 0.1) is 5.82 Å². The first-order valence-corrected chi connectivity index (χ1v) is 5.39. The van der Waals surface area contributed by atoms with E-state index in [0.717, 1.165) is 0 Å². The average molecular weight is 293 g/mol. The van der Waals surface area contributed by atoms with Crippen molar-refractivity contribution in [2.45, 2.75) is 26.2 Å². The van der Waals surface area contributed by atoms with Gasteiger partial charge in [0, 0.05) is 9.00 Å². The van der Waals surface area contributed by atoms with E-state index in [9.17, 15) is 13.7 Å². The van der Waals surface area contributed by atoms with Gasteiger partial charge >= 0.3 is 5.97 Å². The molecule has 0 spiro atoms. The lowest BCUT2D eigenvalue weighted by Crippen LogP contribution is -2.14. The standard InChI is InChI=1S/C11H11BrF2O2/c1-11(2,3)7-5-9(13)6(4-8(7)12)10(15)16-14/h4-5H,1-3H3. The zero-order chi connectivity index (χ0) is 12.5. The highest BCUT2D eigenvalue weighted by molar-refractivity contribution is 9.10. The minimum absolute atomic E-state index is 0.280. The first-order chi connectivity index (χ1) is 7.27. The van der Waals surface area contributed by atoms with Gasteiger partial charge in [-0.3, -0.25) is 0 Å². The number of carbonyl (C=O) groups excluding carboxylic acids is 1. The highest BCUT2D eigenvalue weighted by Crippen LogP contribution is 2.31. The van der Waals surface area contributed by atoms with Crippen LogP contribution in [0.15, 0.2) is 16.6 Å². The summed E-state index contributed by atoms with van der Waals surface area (Å²) < 4.78 is 25.7. The van der Waals surface area contributed by atoms with Gasteiger partial charge in [-0.25, -0.2) is 14.1 Å². The van der Waals surface area contributed by atoms with Crippen LogP contribution >= 0.6 is 15.9 Å². The fraction of sp³-hybridized carbons (Fsp3) is 0.364. The van der Waals surface area contributed by atoms with Gasteiger partial charge in [0.25, 0.3) is 0 Å². The molecular weight excluding hydrogens is 282 g/mol. The highest BCUT2D eigenvalue weighted by atomic mass is 79.9. The van der Waals surface area contributed by atoms with E-state index in [0.29, 0.717) is 10.0 Å². The number of benzene rings is 1. The third kappa shape index (κ3) is 2.58. The van der Waals surface area contributed by atoms with Crippen LogP contribution in [0.2, 0.25) is 0 Å². The van der Waals surface area contributed by atoms with Crippen molar-refractivity contribution in [1.82, 2.24) is 0 Å². The summed E-state index contributed by atoms with van der Waals surface area (Å²) in [6.07, 6.45) is 0. The molecule has 16 heavy (non-hydrogen) atoms. The number of hydrogen-bond donors (Lipinski definition) is 0. The Kier molecular flexibility index (Phi) is 3.68. The molecule has 0 aliphatic heterocycles. The quantitative estimate of drug-likeness (QED) is 0.784. The second-order valence-corrected chi connectivity index (χ2v) is 5.28. The summed E-state index contributed by atoms with van der Waals surface area (Å²) in [7, 11) is 0.